The molecule has 4 nitrogen and oxygen atoms in total. The molecule has 3 N–H and O–H groups in total. The van der Waals surface area contributed by atoms with E-state index >= 15 is 0 Å². The number of para-hydroxylation sites is 1. The zero-order chi connectivity index (χ0) is 16.3. The Morgan fingerprint density at radius 1 is 1.14 bits per heavy atom. The minimum atomic E-state index is -0.218. The molecule has 22 heavy (non-hydrogen) atoms. The topological polar surface area (TPSA) is 69.6 Å². The second-order valence-electron chi connectivity index (χ2n) is 5.74. The summed E-state index contributed by atoms with van der Waals surface area (Å²) in [5.41, 5.74) is 3.62. The molecule has 0 fully saturated rings. The molecule has 116 valence electrons. The zero-order valence-corrected chi connectivity index (χ0v) is 13.1. The smallest absolute Gasteiger partial charge is 0.228 e. The van der Waals surface area contributed by atoms with Crippen molar-refractivity contribution in [3.05, 3.63) is 53.1 Å². The van der Waals surface area contributed by atoms with Crippen LogP contribution in [0.2, 0.25) is 0 Å². The summed E-state index contributed by atoms with van der Waals surface area (Å²) in [6.45, 7) is 6.14. The Hall–Kier alpha value is -2.49. The first-order valence-corrected chi connectivity index (χ1v) is 7.28. The van der Waals surface area contributed by atoms with E-state index in [2.05, 4.69) is 19.2 Å². The van der Waals surface area contributed by atoms with Crippen LogP contribution in [0.3, 0.4) is 0 Å². The van der Waals surface area contributed by atoms with E-state index < -0.39 is 0 Å². The fraction of sp³-hybridized carbons (Fsp3) is 0.278. The highest BCUT2D eigenvalue weighted by molar-refractivity contribution is 5.94. The summed E-state index contributed by atoms with van der Waals surface area (Å²) in [4.78, 5) is 12.2. The van der Waals surface area contributed by atoms with Gasteiger partial charge in [-0.1, -0.05) is 38.1 Å². The summed E-state index contributed by atoms with van der Waals surface area (Å²) >= 11 is 0. The lowest BCUT2D eigenvalue weighted by Crippen LogP contribution is -2.16. The first-order valence-electron chi connectivity index (χ1n) is 7.28. The van der Waals surface area contributed by atoms with E-state index in [1.54, 1.807) is 6.07 Å². The van der Waals surface area contributed by atoms with Gasteiger partial charge in [-0.05, 0) is 41.7 Å². The van der Waals surface area contributed by atoms with Gasteiger partial charge in [-0.2, -0.15) is 0 Å². The molecule has 0 saturated carbocycles. The minimum Gasteiger partial charge on any atom is -0.504 e. The largest absolute Gasteiger partial charge is 0.504 e. The molecule has 0 spiro atoms. The molecule has 0 aliphatic heterocycles. The van der Waals surface area contributed by atoms with Crippen LogP contribution >= 0.6 is 0 Å². The molecule has 0 aromatic heterocycles. The number of rotatable bonds is 4. The highest BCUT2D eigenvalue weighted by Gasteiger charge is 2.13. The van der Waals surface area contributed by atoms with Gasteiger partial charge in [0.05, 0.1) is 6.42 Å². The monoisotopic (exact) mass is 299 g/mol. The van der Waals surface area contributed by atoms with Gasteiger partial charge in [0.1, 0.15) is 0 Å². The molecule has 0 bridgehead atoms. The molecule has 0 heterocycles. The number of nitrogens with one attached hydrogen (secondary N) is 1. The summed E-state index contributed by atoms with van der Waals surface area (Å²) in [7, 11) is 0. The van der Waals surface area contributed by atoms with Gasteiger partial charge in [0.25, 0.3) is 0 Å². The average Bonchev–Trinajstić information content (AvgIpc) is 2.45. The molecule has 2 aromatic carbocycles. The first kappa shape index (κ1) is 15.9. The number of aromatic hydroxyl groups is 2. The number of phenols is 2. The fourth-order valence-electron chi connectivity index (χ4n) is 2.39. The SMILES string of the molecule is Cc1cccc(C(C)C)c1NC(=O)Cc1ccc(O)c(O)c1. The van der Waals surface area contributed by atoms with Crippen molar-refractivity contribution in [3.8, 4) is 11.5 Å². The normalized spacial score (nSPS) is 10.7. The molecule has 0 radical (unpaired) electrons. The molecule has 0 unspecified atom stereocenters. The molecular formula is C18H21NO3. The number of hydrogen-bond donors (Lipinski definition) is 3. The van der Waals surface area contributed by atoms with E-state index in [1.807, 2.05) is 25.1 Å². The van der Waals surface area contributed by atoms with Crippen LogP contribution in [0.1, 0.15) is 36.5 Å². The number of benzene rings is 2. The van der Waals surface area contributed by atoms with Crippen molar-refractivity contribution >= 4 is 11.6 Å². The van der Waals surface area contributed by atoms with Crippen molar-refractivity contribution in [2.75, 3.05) is 5.32 Å². The van der Waals surface area contributed by atoms with Crippen molar-refractivity contribution in [1.29, 1.82) is 0 Å². The van der Waals surface area contributed by atoms with Gasteiger partial charge in [-0.25, -0.2) is 0 Å². The maximum atomic E-state index is 12.2. The van der Waals surface area contributed by atoms with Crippen LogP contribution in [-0.4, -0.2) is 16.1 Å². The van der Waals surface area contributed by atoms with Crippen LogP contribution < -0.4 is 5.32 Å². The Kier molecular flexibility index (Phi) is 4.71. The van der Waals surface area contributed by atoms with E-state index in [4.69, 9.17) is 0 Å². The maximum absolute atomic E-state index is 12.2. The molecule has 1 amide bonds. The highest BCUT2D eigenvalue weighted by Crippen LogP contribution is 2.28. The molecule has 2 rings (SSSR count). The Balaban J connectivity index is 2.17. The van der Waals surface area contributed by atoms with Crippen LogP contribution in [0.15, 0.2) is 36.4 Å². The summed E-state index contributed by atoms with van der Waals surface area (Å²) in [6, 6.07) is 10.4. The van der Waals surface area contributed by atoms with Crippen molar-refractivity contribution in [2.24, 2.45) is 0 Å². The van der Waals surface area contributed by atoms with Crippen molar-refractivity contribution in [2.45, 2.75) is 33.1 Å². The first-order chi connectivity index (χ1) is 10.4. The van der Waals surface area contributed by atoms with Crippen LogP contribution in [0.4, 0.5) is 5.69 Å². The van der Waals surface area contributed by atoms with E-state index in [0.717, 1.165) is 16.8 Å². The van der Waals surface area contributed by atoms with Gasteiger partial charge in [0, 0.05) is 5.69 Å². The lowest BCUT2D eigenvalue weighted by Gasteiger charge is -2.16. The van der Waals surface area contributed by atoms with Gasteiger partial charge >= 0.3 is 0 Å². The van der Waals surface area contributed by atoms with Gasteiger partial charge in [0.15, 0.2) is 11.5 Å². The maximum Gasteiger partial charge on any atom is 0.228 e. The van der Waals surface area contributed by atoms with E-state index in [1.165, 1.54) is 12.1 Å². The van der Waals surface area contributed by atoms with E-state index in [-0.39, 0.29) is 23.8 Å². The lowest BCUT2D eigenvalue weighted by atomic mass is 9.98. The van der Waals surface area contributed by atoms with Gasteiger partial charge < -0.3 is 15.5 Å². The van der Waals surface area contributed by atoms with Gasteiger partial charge in [0.2, 0.25) is 5.91 Å². The summed E-state index contributed by atoms with van der Waals surface area (Å²) in [6.07, 6.45) is 0.139. The highest BCUT2D eigenvalue weighted by atomic mass is 16.3. The lowest BCUT2D eigenvalue weighted by molar-refractivity contribution is -0.115. The van der Waals surface area contributed by atoms with Crippen molar-refractivity contribution < 1.29 is 15.0 Å². The molecule has 0 aliphatic rings. The third-order valence-electron chi connectivity index (χ3n) is 3.60. The molecule has 2 aromatic rings. The quantitative estimate of drug-likeness (QED) is 0.754. The third-order valence-corrected chi connectivity index (χ3v) is 3.60. The number of carbonyl (C=O) groups is 1. The Labute approximate surface area is 130 Å². The number of phenolic OH excluding ortho intramolecular Hbond substituents is 2. The standard InChI is InChI=1S/C18H21NO3/c1-11(2)14-6-4-5-12(3)18(14)19-17(22)10-13-7-8-15(20)16(21)9-13/h4-9,11,20-21H,10H2,1-3H3,(H,19,22). The summed E-state index contributed by atoms with van der Waals surface area (Å²) in [5, 5.41) is 21.7. The second kappa shape index (κ2) is 6.52. The number of carbonyl (C=O) groups excluding carboxylic acids is 1. The van der Waals surface area contributed by atoms with Crippen LogP contribution in [0.5, 0.6) is 11.5 Å². The summed E-state index contributed by atoms with van der Waals surface area (Å²) in [5.74, 6) is -0.247. The zero-order valence-electron chi connectivity index (χ0n) is 13.1. The molecule has 0 aliphatic carbocycles. The molecule has 0 atom stereocenters. The van der Waals surface area contributed by atoms with Crippen molar-refractivity contribution in [3.63, 3.8) is 0 Å². The average molecular weight is 299 g/mol. The predicted octanol–water partition coefficient (Wildman–Crippen LogP) is 3.71. The molecule has 4 heteroatoms. The molecular weight excluding hydrogens is 278 g/mol. The van der Waals surface area contributed by atoms with Gasteiger partial charge in [-0.3, -0.25) is 4.79 Å². The predicted molar refractivity (Wildman–Crippen MR) is 87.4 cm³/mol. The van der Waals surface area contributed by atoms with Crippen LogP contribution in [-0.2, 0) is 11.2 Å². The Morgan fingerprint density at radius 3 is 2.50 bits per heavy atom. The molecule has 0 saturated heterocycles. The van der Waals surface area contributed by atoms with Crippen molar-refractivity contribution in [1.82, 2.24) is 0 Å². The third kappa shape index (κ3) is 3.58. The van der Waals surface area contributed by atoms with Crippen LogP contribution in [0, 0.1) is 6.92 Å². The minimum absolute atomic E-state index is 0.139. The fourth-order valence-corrected chi connectivity index (χ4v) is 2.39. The Morgan fingerprint density at radius 2 is 1.86 bits per heavy atom. The van der Waals surface area contributed by atoms with E-state index in [0.29, 0.717) is 11.5 Å². The summed E-state index contributed by atoms with van der Waals surface area (Å²) < 4.78 is 0. The number of anilines is 1. The number of hydrogen-bond acceptors (Lipinski definition) is 3. The van der Waals surface area contributed by atoms with Crippen LogP contribution in [0.25, 0.3) is 0 Å². The second-order valence-corrected chi connectivity index (χ2v) is 5.74. The van der Waals surface area contributed by atoms with E-state index in [9.17, 15) is 15.0 Å². The number of aryl methyl sites for hydroxylation is 1. The number of amides is 1. The van der Waals surface area contributed by atoms with Gasteiger partial charge in [-0.15, -0.1) is 0 Å². The Bertz CT molecular complexity index is 693.